The number of nitrogens with zero attached hydrogens (tertiary/aromatic N) is 1. The predicted molar refractivity (Wildman–Crippen MR) is 62.3 cm³/mol. The fourth-order valence-corrected chi connectivity index (χ4v) is 1.23. The zero-order chi connectivity index (χ0) is 12.0. The highest BCUT2D eigenvalue weighted by molar-refractivity contribution is 6.30. The van der Waals surface area contributed by atoms with Gasteiger partial charge in [0.25, 0.3) is 0 Å². The molecule has 6 heteroatoms. The first-order chi connectivity index (χ1) is 7.63. The maximum absolute atomic E-state index is 11.6. The fourth-order valence-electron chi connectivity index (χ4n) is 1.07. The SMILES string of the molecule is COCCC(N)C(=O)Nc1cc(Cl)ccn1. The van der Waals surface area contributed by atoms with Gasteiger partial charge >= 0.3 is 0 Å². The van der Waals surface area contributed by atoms with Crippen LogP contribution in [-0.2, 0) is 9.53 Å². The summed E-state index contributed by atoms with van der Waals surface area (Å²) >= 11 is 5.75. The number of anilines is 1. The maximum atomic E-state index is 11.6. The molecule has 0 bridgehead atoms. The average Bonchev–Trinajstić information content (AvgIpc) is 2.25. The number of nitrogens with one attached hydrogen (secondary N) is 1. The van der Waals surface area contributed by atoms with Crippen molar-refractivity contribution < 1.29 is 9.53 Å². The third-order valence-corrected chi connectivity index (χ3v) is 2.18. The summed E-state index contributed by atoms with van der Waals surface area (Å²) in [6.45, 7) is 0.442. The molecule has 5 nitrogen and oxygen atoms in total. The summed E-state index contributed by atoms with van der Waals surface area (Å²) in [5.41, 5.74) is 5.64. The van der Waals surface area contributed by atoms with Gasteiger partial charge in [-0.3, -0.25) is 4.79 Å². The number of carbonyl (C=O) groups excluding carboxylic acids is 1. The highest BCUT2D eigenvalue weighted by Gasteiger charge is 2.13. The fraction of sp³-hybridized carbons (Fsp3) is 0.400. The molecular weight excluding hydrogens is 230 g/mol. The molecule has 3 N–H and O–H groups in total. The van der Waals surface area contributed by atoms with Gasteiger partial charge in [-0.25, -0.2) is 4.98 Å². The Morgan fingerprint density at radius 2 is 2.50 bits per heavy atom. The first kappa shape index (κ1) is 12.9. The van der Waals surface area contributed by atoms with Crippen molar-refractivity contribution in [2.75, 3.05) is 19.0 Å². The van der Waals surface area contributed by atoms with Gasteiger partial charge in [-0.1, -0.05) is 11.6 Å². The van der Waals surface area contributed by atoms with Crippen molar-refractivity contribution in [1.29, 1.82) is 0 Å². The van der Waals surface area contributed by atoms with Crippen molar-refractivity contribution in [2.45, 2.75) is 12.5 Å². The summed E-state index contributed by atoms with van der Waals surface area (Å²) in [5, 5.41) is 3.09. The minimum atomic E-state index is -0.610. The molecule has 1 amide bonds. The van der Waals surface area contributed by atoms with Crippen LogP contribution in [0.2, 0.25) is 5.02 Å². The van der Waals surface area contributed by atoms with E-state index in [1.165, 1.54) is 6.20 Å². The van der Waals surface area contributed by atoms with Gasteiger partial charge in [-0.15, -0.1) is 0 Å². The highest BCUT2D eigenvalue weighted by atomic mass is 35.5. The molecule has 0 radical (unpaired) electrons. The number of halogens is 1. The molecule has 16 heavy (non-hydrogen) atoms. The Morgan fingerprint density at radius 3 is 3.12 bits per heavy atom. The van der Waals surface area contributed by atoms with E-state index in [0.29, 0.717) is 23.9 Å². The normalized spacial score (nSPS) is 12.2. The van der Waals surface area contributed by atoms with Crippen LogP contribution >= 0.6 is 11.6 Å². The van der Waals surface area contributed by atoms with Crippen molar-refractivity contribution in [3.8, 4) is 0 Å². The molecule has 1 aromatic heterocycles. The smallest absolute Gasteiger partial charge is 0.242 e. The van der Waals surface area contributed by atoms with E-state index in [2.05, 4.69) is 10.3 Å². The van der Waals surface area contributed by atoms with Gasteiger partial charge in [0.05, 0.1) is 6.04 Å². The van der Waals surface area contributed by atoms with E-state index in [1.807, 2.05) is 0 Å². The van der Waals surface area contributed by atoms with Crippen LogP contribution in [0.25, 0.3) is 0 Å². The molecule has 0 saturated heterocycles. The van der Waals surface area contributed by atoms with Gasteiger partial charge in [-0.05, 0) is 18.6 Å². The molecule has 0 aliphatic heterocycles. The van der Waals surface area contributed by atoms with Crippen molar-refractivity contribution >= 4 is 23.3 Å². The van der Waals surface area contributed by atoms with Gasteiger partial charge in [0.15, 0.2) is 0 Å². The zero-order valence-corrected chi connectivity index (χ0v) is 9.70. The molecule has 1 heterocycles. The van der Waals surface area contributed by atoms with Gasteiger partial charge in [0, 0.05) is 24.9 Å². The molecule has 88 valence electrons. The van der Waals surface area contributed by atoms with Gasteiger partial charge in [-0.2, -0.15) is 0 Å². The second-order valence-corrected chi connectivity index (χ2v) is 3.67. The third-order valence-electron chi connectivity index (χ3n) is 1.94. The summed E-state index contributed by atoms with van der Waals surface area (Å²) in [7, 11) is 1.56. The molecular formula is C10H14ClN3O2. The summed E-state index contributed by atoms with van der Waals surface area (Å²) < 4.78 is 4.84. The van der Waals surface area contributed by atoms with Crippen LogP contribution in [0.3, 0.4) is 0 Å². The number of amides is 1. The molecule has 0 spiro atoms. The Labute approximate surface area is 98.9 Å². The van der Waals surface area contributed by atoms with Crippen LogP contribution in [0.1, 0.15) is 6.42 Å². The van der Waals surface area contributed by atoms with E-state index < -0.39 is 6.04 Å². The second-order valence-electron chi connectivity index (χ2n) is 3.24. The van der Waals surface area contributed by atoms with Crippen molar-refractivity contribution in [3.63, 3.8) is 0 Å². The summed E-state index contributed by atoms with van der Waals surface area (Å²) in [5.74, 6) is 0.0946. The van der Waals surface area contributed by atoms with Crippen molar-refractivity contribution in [1.82, 2.24) is 4.98 Å². The van der Waals surface area contributed by atoms with Crippen LogP contribution in [0.4, 0.5) is 5.82 Å². The zero-order valence-electron chi connectivity index (χ0n) is 8.94. The number of nitrogens with two attached hydrogens (primary N) is 1. The minimum absolute atomic E-state index is 0.299. The molecule has 0 saturated carbocycles. The van der Waals surface area contributed by atoms with E-state index in [1.54, 1.807) is 19.2 Å². The topological polar surface area (TPSA) is 77.2 Å². The maximum Gasteiger partial charge on any atom is 0.242 e. The van der Waals surface area contributed by atoms with Gasteiger partial charge in [0.1, 0.15) is 5.82 Å². The first-order valence-electron chi connectivity index (χ1n) is 4.80. The lowest BCUT2D eigenvalue weighted by molar-refractivity contribution is -0.117. The van der Waals surface area contributed by atoms with Crippen LogP contribution in [-0.4, -0.2) is 30.6 Å². The van der Waals surface area contributed by atoms with E-state index >= 15 is 0 Å². The number of carbonyl (C=O) groups is 1. The Morgan fingerprint density at radius 1 is 1.75 bits per heavy atom. The summed E-state index contributed by atoms with van der Waals surface area (Å²) in [6.07, 6.45) is 1.97. The number of hydrogen-bond acceptors (Lipinski definition) is 4. The van der Waals surface area contributed by atoms with E-state index in [-0.39, 0.29) is 5.91 Å². The molecule has 1 atom stereocenters. The standard InChI is InChI=1S/C10H14ClN3O2/c1-16-5-3-8(12)10(15)14-9-6-7(11)2-4-13-9/h2,4,6,8H,3,5,12H2,1H3,(H,13,14,15). The van der Waals surface area contributed by atoms with E-state index in [4.69, 9.17) is 22.1 Å². The third kappa shape index (κ3) is 4.14. The van der Waals surface area contributed by atoms with Crippen LogP contribution in [0, 0.1) is 0 Å². The molecule has 1 aromatic rings. The van der Waals surface area contributed by atoms with E-state index in [0.717, 1.165) is 0 Å². The summed E-state index contributed by atoms with van der Waals surface area (Å²) in [6, 6.07) is 2.57. The second kappa shape index (κ2) is 6.42. The lowest BCUT2D eigenvalue weighted by Crippen LogP contribution is -2.36. The average molecular weight is 244 g/mol. The number of methoxy groups -OCH3 is 1. The quantitative estimate of drug-likeness (QED) is 0.810. The lowest BCUT2D eigenvalue weighted by Gasteiger charge is -2.11. The van der Waals surface area contributed by atoms with E-state index in [9.17, 15) is 4.79 Å². The largest absolute Gasteiger partial charge is 0.385 e. The van der Waals surface area contributed by atoms with Gasteiger partial charge < -0.3 is 15.8 Å². The van der Waals surface area contributed by atoms with Crippen LogP contribution in [0.15, 0.2) is 18.3 Å². The number of aromatic nitrogens is 1. The molecule has 1 unspecified atom stereocenters. The van der Waals surface area contributed by atoms with Gasteiger partial charge in [0.2, 0.25) is 5.91 Å². The Balaban J connectivity index is 2.50. The first-order valence-corrected chi connectivity index (χ1v) is 5.18. The molecule has 0 fully saturated rings. The molecule has 0 aliphatic carbocycles. The minimum Gasteiger partial charge on any atom is -0.385 e. The highest BCUT2D eigenvalue weighted by Crippen LogP contribution is 2.11. The molecule has 0 aliphatic rings. The van der Waals surface area contributed by atoms with Crippen molar-refractivity contribution in [3.05, 3.63) is 23.4 Å². The molecule has 1 rings (SSSR count). The number of hydrogen-bond donors (Lipinski definition) is 2. The monoisotopic (exact) mass is 243 g/mol. The Kier molecular flexibility index (Phi) is 5.18. The number of pyridine rings is 1. The molecule has 0 aromatic carbocycles. The lowest BCUT2D eigenvalue weighted by atomic mass is 10.2. The number of ether oxygens (including phenoxy) is 1. The number of rotatable bonds is 5. The predicted octanol–water partition coefficient (Wildman–Crippen LogP) is 1.04. The Bertz CT molecular complexity index is 360. The summed E-state index contributed by atoms with van der Waals surface area (Å²) in [4.78, 5) is 15.5. The van der Waals surface area contributed by atoms with Crippen molar-refractivity contribution in [2.24, 2.45) is 5.73 Å². The Hall–Kier alpha value is -1.17. The van der Waals surface area contributed by atoms with Crippen LogP contribution in [0.5, 0.6) is 0 Å². The van der Waals surface area contributed by atoms with Crippen LogP contribution < -0.4 is 11.1 Å².